The number of halogens is 1. The zero-order valence-electron chi connectivity index (χ0n) is 11.3. The van der Waals surface area contributed by atoms with Gasteiger partial charge >= 0.3 is 0 Å². The lowest BCUT2D eigenvalue weighted by Crippen LogP contribution is -2.23. The minimum atomic E-state index is -0.240. The van der Waals surface area contributed by atoms with Gasteiger partial charge in [-0.25, -0.2) is 9.97 Å². The van der Waals surface area contributed by atoms with Gasteiger partial charge < -0.3 is 5.32 Å². The molecule has 1 amide bonds. The molecule has 0 saturated carbocycles. The molecule has 0 fully saturated rings. The Morgan fingerprint density at radius 2 is 2.19 bits per heavy atom. The summed E-state index contributed by atoms with van der Waals surface area (Å²) < 4.78 is 0. The number of amides is 1. The van der Waals surface area contributed by atoms with Crippen LogP contribution in [0.3, 0.4) is 0 Å². The van der Waals surface area contributed by atoms with Gasteiger partial charge in [0.25, 0.3) is 5.91 Å². The van der Waals surface area contributed by atoms with Crippen molar-refractivity contribution in [2.24, 2.45) is 0 Å². The molecule has 0 spiro atoms. The summed E-state index contributed by atoms with van der Waals surface area (Å²) in [5.41, 5.74) is 3.02. The van der Waals surface area contributed by atoms with E-state index in [4.69, 9.17) is 11.6 Å². The average molecular weight is 318 g/mol. The molecule has 2 heterocycles. The molecule has 21 heavy (non-hydrogen) atoms. The minimum absolute atomic E-state index is 0.240. The van der Waals surface area contributed by atoms with Crippen LogP contribution in [0.25, 0.3) is 10.8 Å². The van der Waals surface area contributed by atoms with E-state index in [1.54, 1.807) is 11.6 Å². The highest BCUT2D eigenvalue weighted by Gasteiger charge is 2.12. The van der Waals surface area contributed by atoms with Crippen molar-refractivity contribution < 1.29 is 4.79 Å². The molecule has 0 bridgehead atoms. The molecule has 0 aliphatic rings. The van der Waals surface area contributed by atoms with Crippen molar-refractivity contribution in [1.82, 2.24) is 15.3 Å². The van der Waals surface area contributed by atoms with Crippen molar-refractivity contribution >= 4 is 39.6 Å². The molecule has 106 valence electrons. The quantitative estimate of drug-likeness (QED) is 0.751. The smallest absolute Gasteiger partial charge is 0.270 e. The van der Waals surface area contributed by atoms with Crippen LogP contribution in [0, 0.1) is 6.92 Å². The summed E-state index contributed by atoms with van der Waals surface area (Å²) in [5.74, 6) is -0.240. The second-order valence-corrected chi connectivity index (χ2v) is 5.86. The minimum Gasteiger partial charge on any atom is -0.346 e. The van der Waals surface area contributed by atoms with Crippen molar-refractivity contribution in [2.75, 3.05) is 0 Å². The molecule has 0 aliphatic heterocycles. The van der Waals surface area contributed by atoms with Crippen LogP contribution in [0.5, 0.6) is 0 Å². The van der Waals surface area contributed by atoms with Gasteiger partial charge in [-0.2, -0.15) is 0 Å². The number of rotatable bonds is 3. The lowest BCUT2D eigenvalue weighted by molar-refractivity contribution is 0.0946. The first-order valence-electron chi connectivity index (χ1n) is 6.37. The van der Waals surface area contributed by atoms with Gasteiger partial charge in [0.2, 0.25) is 0 Å². The third-order valence-electron chi connectivity index (χ3n) is 3.18. The first-order chi connectivity index (χ1) is 10.1. The van der Waals surface area contributed by atoms with E-state index >= 15 is 0 Å². The molecule has 0 aliphatic carbocycles. The van der Waals surface area contributed by atoms with Gasteiger partial charge in [0, 0.05) is 10.3 Å². The zero-order valence-corrected chi connectivity index (χ0v) is 12.8. The third-order valence-corrected chi connectivity index (χ3v) is 4.40. The lowest BCUT2D eigenvalue weighted by Gasteiger charge is -2.06. The number of hydrogen-bond acceptors (Lipinski definition) is 4. The average Bonchev–Trinajstić information content (AvgIpc) is 2.90. The number of aryl methyl sites for hydroxylation is 1. The van der Waals surface area contributed by atoms with Crippen molar-refractivity contribution in [3.63, 3.8) is 0 Å². The normalized spacial score (nSPS) is 10.8. The van der Waals surface area contributed by atoms with Gasteiger partial charge in [-0.3, -0.25) is 4.79 Å². The van der Waals surface area contributed by atoms with E-state index in [9.17, 15) is 4.79 Å². The van der Waals surface area contributed by atoms with Crippen LogP contribution in [-0.2, 0) is 6.54 Å². The standard InChI is InChI=1S/C15H12ClN3OS/c1-9-13(21-8-18-9)7-17-15(20)12-6-10-4-2-3-5-11(10)14(16)19-12/h2-6,8H,7H2,1H3,(H,17,20). The van der Waals surface area contributed by atoms with E-state index in [0.717, 1.165) is 21.3 Å². The highest BCUT2D eigenvalue weighted by Crippen LogP contribution is 2.22. The molecule has 1 aromatic carbocycles. The summed E-state index contributed by atoms with van der Waals surface area (Å²) in [6.07, 6.45) is 0. The molecule has 0 unspecified atom stereocenters. The van der Waals surface area contributed by atoms with E-state index in [1.165, 1.54) is 11.3 Å². The van der Waals surface area contributed by atoms with Gasteiger partial charge in [-0.1, -0.05) is 35.9 Å². The summed E-state index contributed by atoms with van der Waals surface area (Å²) in [6.45, 7) is 2.37. The predicted molar refractivity (Wildman–Crippen MR) is 84.8 cm³/mol. The fourth-order valence-corrected chi connectivity index (χ4v) is 3.00. The maximum atomic E-state index is 12.2. The Morgan fingerprint density at radius 3 is 2.95 bits per heavy atom. The number of pyridine rings is 1. The van der Waals surface area contributed by atoms with Gasteiger partial charge in [0.15, 0.2) is 0 Å². The summed E-state index contributed by atoms with van der Waals surface area (Å²) in [4.78, 5) is 21.6. The van der Waals surface area contributed by atoms with Crippen LogP contribution in [0.4, 0.5) is 0 Å². The fraction of sp³-hybridized carbons (Fsp3) is 0.133. The highest BCUT2D eigenvalue weighted by atomic mass is 35.5. The number of carbonyl (C=O) groups excluding carboxylic acids is 1. The number of aromatic nitrogens is 2. The number of fused-ring (bicyclic) bond motifs is 1. The molecular formula is C15H12ClN3OS. The predicted octanol–water partition coefficient (Wildman–Crippen LogP) is 3.58. The van der Waals surface area contributed by atoms with Crippen molar-refractivity contribution in [2.45, 2.75) is 13.5 Å². The number of nitrogens with one attached hydrogen (secondary N) is 1. The van der Waals surface area contributed by atoms with E-state index in [1.807, 2.05) is 31.2 Å². The Kier molecular flexibility index (Phi) is 3.86. The molecule has 6 heteroatoms. The van der Waals surface area contributed by atoms with Gasteiger partial charge in [0.05, 0.1) is 17.7 Å². The van der Waals surface area contributed by atoms with Crippen molar-refractivity contribution in [3.05, 3.63) is 57.3 Å². The van der Waals surface area contributed by atoms with Crippen molar-refractivity contribution in [1.29, 1.82) is 0 Å². The lowest BCUT2D eigenvalue weighted by atomic mass is 10.1. The molecule has 0 atom stereocenters. The Hall–Kier alpha value is -1.98. The number of benzene rings is 1. The second kappa shape index (κ2) is 5.79. The van der Waals surface area contributed by atoms with E-state index in [-0.39, 0.29) is 5.91 Å². The fourth-order valence-electron chi connectivity index (χ4n) is 2.02. The van der Waals surface area contributed by atoms with Crippen LogP contribution < -0.4 is 5.32 Å². The summed E-state index contributed by atoms with van der Waals surface area (Å²) in [6, 6.07) is 9.33. The zero-order chi connectivity index (χ0) is 14.8. The largest absolute Gasteiger partial charge is 0.346 e. The Morgan fingerprint density at radius 1 is 1.38 bits per heavy atom. The van der Waals surface area contributed by atoms with Crippen LogP contribution in [0.2, 0.25) is 5.15 Å². The number of hydrogen-bond donors (Lipinski definition) is 1. The molecule has 1 N–H and O–H groups in total. The van der Waals surface area contributed by atoms with Gasteiger partial charge in [-0.05, 0) is 18.4 Å². The van der Waals surface area contributed by atoms with Gasteiger partial charge in [-0.15, -0.1) is 11.3 Å². The molecule has 4 nitrogen and oxygen atoms in total. The van der Waals surface area contributed by atoms with Crippen LogP contribution in [0.15, 0.2) is 35.8 Å². The molecule has 2 aromatic heterocycles. The molecule has 3 aromatic rings. The summed E-state index contributed by atoms with van der Waals surface area (Å²) >= 11 is 7.65. The maximum absolute atomic E-state index is 12.2. The van der Waals surface area contributed by atoms with Crippen molar-refractivity contribution in [3.8, 4) is 0 Å². The topological polar surface area (TPSA) is 54.9 Å². The number of carbonyl (C=O) groups is 1. The molecule has 0 radical (unpaired) electrons. The first kappa shape index (κ1) is 14.0. The molecule has 0 saturated heterocycles. The Bertz CT molecular complexity index is 816. The Balaban J connectivity index is 1.83. The van der Waals surface area contributed by atoms with Gasteiger partial charge in [0.1, 0.15) is 10.8 Å². The summed E-state index contributed by atoms with van der Waals surface area (Å²) in [7, 11) is 0. The van der Waals surface area contributed by atoms with E-state index in [2.05, 4.69) is 15.3 Å². The number of nitrogens with zero attached hydrogens (tertiary/aromatic N) is 2. The third kappa shape index (κ3) is 2.89. The first-order valence-corrected chi connectivity index (χ1v) is 7.63. The van der Waals surface area contributed by atoms with Crippen LogP contribution in [-0.4, -0.2) is 15.9 Å². The SMILES string of the molecule is Cc1ncsc1CNC(=O)c1cc2ccccc2c(Cl)n1. The molecule has 3 rings (SSSR count). The van der Waals surface area contributed by atoms with Crippen LogP contribution >= 0.6 is 22.9 Å². The van der Waals surface area contributed by atoms with E-state index in [0.29, 0.717) is 17.4 Å². The Labute approximate surface area is 130 Å². The molecular weight excluding hydrogens is 306 g/mol. The highest BCUT2D eigenvalue weighted by molar-refractivity contribution is 7.09. The van der Waals surface area contributed by atoms with Crippen LogP contribution in [0.1, 0.15) is 21.1 Å². The maximum Gasteiger partial charge on any atom is 0.270 e. The second-order valence-electron chi connectivity index (χ2n) is 4.56. The number of thiazole rings is 1. The monoisotopic (exact) mass is 317 g/mol. The van der Waals surface area contributed by atoms with E-state index < -0.39 is 0 Å². The summed E-state index contributed by atoms with van der Waals surface area (Å²) in [5, 5.41) is 4.93.